The second-order valence-electron chi connectivity index (χ2n) is 2.62. The van der Waals surface area contributed by atoms with E-state index in [1.54, 1.807) is 0 Å². The molecule has 0 saturated heterocycles. The summed E-state index contributed by atoms with van der Waals surface area (Å²) in [4.78, 5) is 2.02. The Hall–Kier alpha value is -0.290. The predicted molar refractivity (Wildman–Crippen MR) is 59.5 cm³/mol. The van der Waals surface area contributed by atoms with Crippen LogP contribution in [0, 0.1) is 3.57 Å². The molecule has 0 amide bonds. The Bertz CT molecular complexity index is 235. The fourth-order valence-electron chi connectivity index (χ4n) is 0.975. The molecule has 66 valence electrons. The molecule has 0 saturated carbocycles. The molecule has 0 radical (unpaired) electrons. The zero-order valence-corrected chi connectivity index (χ0v) is 9.15. The molecular weight excluding hydrogens is 265 g/mol. The molecule has 0 aromatic heterocycles. The van der Waals surface area contributed by atoms with E-state index < -0.39 is 0 Å². The van der Waals surface area contributed by atoms with Crippen molar-refractivity contribution in [2.75, 3.05) is 25.1 Å². The van der Waals surface area contributed by atoms with E-state index in [2.05, 4.69) is 46.9 Å². The van der Waals surface area contributed by atoms with E-state index in [4.69, 9.17) is 5.11 Å². The lowest BCUT2D eigenvalue weighted by Gasteiger charge is -2.17. The topological polar surface area (TPSA) is 23.5 Å². The minimum atomic E-state index is 0.197. The Morgan fingerprint density at radius 2 is 1.92 bits per heavy atom. The Labute approximate surface area is 86.3 Å². The summed E-state index contributed by atoms with van der Waals surface area (Å²) in [6, 6.07) is 8.22. The number of hydrogen-bond donors (Lipinski definition) is 1. The molecule has 12 heavy (non-hydrogen) atoms. The van der Waals surface area contributed by atoms with Crippen LogP contribution in [0.5, 0.6) is 0 Å². The third-order valence-corrected chi connectivity index (χ3v) is 2.42. The Morgan fingerprint density at radius 3 is 2.42 bits per heavy atom. The number of rotatable bonds is 3. The number of hydrogen-bond acceptors (Lipinski definition) is 2. The fraction of sp³-hybridized carbons (Fsp3) is 0.333. The summed E-state index contributed by atoms with van der Waals surface area (Å²) in [5.41, 5.74) is 1.14. The molecule has 1 aromatic rings. The van der Waals surface area contributed by atoms with Crippen LogP contribution >= 0.6 is 22.6 Å². The zero-order valence-electron chi connectivity index (χ0n) is 7.00. The molecule has 0 aliphatic rings. The van der Waals surface area contributed by atoms with Crippen molar-refractivity contribution in [2.45, 2.75) is 0 Å². The third-order valence-electron chi connectivity index (χ3n) is 1.70. The molecule has 3 heteroatoms. The van der Waals surface area contributed by atoms with Gasteiger partial charge in [0.15, 0.2) is 0 Å². The molecule has 2 nitrogen and oxygen atoms in total. The molecule has 0 atom stereocenters. The number of benzene rings is 1. The van der Waals surface area contributed by atoms with E-state index in [1.165, 1.54) is 3.57 Å². The number of anilines is 1. The van der Waals surface area contributed by atoms with Crippen molar-refractivity contribution in [3.05, 3.63) is 27.8 Å². The van der Waals surface area contributed by atoms with Crippen LogP contribution in [-0.2, 0) is 0 Å². The highest BCUT2D eigenvalue weighted by atomic mass is 127. The van der Waals surface area contributed by atoms with Gasteiger partial charge in [-0.15, -0.1) is 0 Å². The Morgan fingerprint density at radius 1 is 1.33 bits per heavy atom. The second kappa shape index (κ2) is 4.67. The maximum Gasteiger partial charge on any atom is 0.0606 e. The van der Waals surface area contributed by atoms with Crippen molar-refractivity contribution in [1.82, 2.24) is 0 Å². The average molecular weight is 277 g/mol. The molecule has 0 heterocycles. The highest BCUT2D eigenvalue weighted by molar-refractivity contribution is 14.1. The zero-order chi connectivity index (χ0) is 8.97. The molecule has 0 aliphatic heterocycles. The number of likely N-dealkylation sites (N-methyl/N-ethyl adjacent to an activating group) is 1. The van der Waals surface area contributed by atoms with Crippen molar-refractivity contribution < 1.29 is 5.11 Å². The molecule has 0 fully saturated rings. The summed E-state index contributed by atoms with van der Waals surface area (Å²) < 4.78 is 1.23. The van der Waals surface area contributed by atoms with Gasteiger partial charge in [0.05, 0.1) is 6.61 Å². The van der Waals surface area contributed by atoms with Crippen molar-refractivity contribution in [3.8, 4) is 0 Å². The van der Waals surface area contributed by atoms with Crippen LogP contribution in [0.15, 0.2) is 24.3 Å². The first-order valence-corrected chi connectivity index (χ1v) is 4.89. The van der Waals surface area contributed by atoms with Gasteiger partial charge in [0.1, 0.15) is 0 Å². The lowest BCUT2D eigenvalue weighted by atomic mass is 10.3. The monoisotopic (exact) mass is 277 g/mol. The first-order chi connectivity index (χ1) is 5.74. The molecule has 1 rings (SSSR count). The molecule has 0 aliphatic carbocycles. The Balaban J connectivity index is 2.68. The molecule has 0 unspecified atom stereocenters. The smallest absolute Gasteiger partial charge is 0.0606 e. The van der Waals surface area contributed by atoms with E-state index in [0.29, 0.717) is 6.54 Å². The molecule has 1 aromatic carbocycles. The van der Waals surface area contributed by atoms with Gasteiger partial charge in [0.2, 0.25) is 0 Å². The van der Waals surface area contributed by atoms with E-state index in [0.717, 1.165) is 5.69 Å². The number of halogens is 1. The normalized spacial score (nSPS) is 9.92. The van der Waals surface area contributed by atoms with Gasteiger partial charge in [0.25, 0.3) is 0 Å². The van der Waals surface area contributed by atoms with Crippen LogP contribution in [0.1, 0.15) is 0 Å². The molecular formula is C9H12INO. The van der Waals surface area contributed by atoms with Crippen LogP contribution in [0.25, 0.3) is 0 Å². The lowest BCUT2D eigenvalue weighted by Crippen LogP contribution is -2.20. The number of nitrogens with zero attached hydrogens (tertiary/aromatic N) is 1. The number of aliphatic hydroxyl groups is 1. The highest BCUT2D eigenvalue weighted by Crippen LogP contribution is 2.14. The minimum Gasteiger partial charge on any atom is -0.395 e. The number of aliphatic hydroxyl groups excluding tert-OH is 1. The first-order valence-electron chi connectivity index (χ1n) is 3.81. The summed E-state index contributed by atoms with van der Waals surface area (Å²) in [7, 11) is 1.97. The van der Waals surface area contributed by atoms with E-state index in [1.807, 2.05) is 11.9 Å². The SMILES string of the molecule is CN(CCO)c1ccc(I)cc1. The van der Waals surface area contributed by atoms with Gasteiger partial charge in [-0.1, -0.05) is 0 Å². The quantitative estimate of drug-likeness (QED) is 0.850. The fourth-order valence-corrected chi connectivity index (χ4v) is 1.33. The van der Waals surface area contributed by atoms with Crippen molar-refractivity contribution >= 4 is 28.3 Å². The van der Waals surface area contributed by atoms with E-state index >= 15 is 0 Å². The lowest BCUT2D eigenvalue weighted by molar-refractivity contribution is 0.304. The van der Waals surface area contributed by atoms with Gasteiger partial charge in [0, 0.05) is 22.8 Å². The summed E-state index contributed by atoms with van der Waals surface area (Å²) in [5.74, 6) is 0. The van der Waals surface area contributed by atoms with Crippen LogP contribution in [0.2, 0.25) is 0 Å². The van der Waals surface area contributed by atoms with E-state index in [9.17, 15) is 0 Å². The summed E-state index contributed by atoms with van der Waals surface area (Å²) in [5, 5.41) is 8.71. The molecule has 0 spiro atoms. The second-order valence-corrected chi connectivity index (χ2v) is 3.87. The molecule has 0 bridgehead atoms. The van der Waals surface area contributed by atoms with Gasteiger partial charge in [-0.3, -0.25) is 0 Å². The summed E-state index contributed by atoms with van der Waals surface area (Å²) in [6.45, 7) is 0.878. The van der Waals surface area contributed by atoms with Crippen LogP contribution in [0.4, 0.5) is 5.69 Å². The van der Waals surface area contributed by atoms with Crippen LogP contribution in [0.3, 0.4) is 0 Å². The minimum absolute atomic E-state index is 0.197. The van der Waals surface area contributed by atoms with Crippen molar-refractivity contribution in [3.63, 3.8) is 0 Å². The van der Waals surface area contributed by atoms with Crippen LogP contribution < -0.4 is 4.90 Å². The van der Waals surface area contributed by atoms with Crippen LogP contribution in [-0.4, -0.2) is 25.3 Å². The maximum atomic E-state index is 8.71. The van der Waals surface area contributed by atoms with Gasteiger partial charge in [-0.05, 0) is 46.9 Å². The Kier molecular flexibility index (Phi) is 3.81. The maximum absolute atomic E-state index is 8.71. The van der Waals surface area contributed by atoms with Crippen molar-refractivity contribution in [2.24, 2.45) is 0 Å². The van der Waals surface area contributed by atoms with Crippen molar-refractivity contribution in [1.29, 1.82) is 0 Å². The summed E-state index contributed by atoms with van der Waals surface area (Å²) >= 11 is 2.27. The molecule has 1 N–H and O–H groups in total. The van der Waals surface area contributed by atoms with E-state index in [-0.39, 0.29) is 6.61 Å². The van der Waals surface area contributed by atoms with Gasteiger partial charge in [-0.2, -0.15) is 0 Å². The predicted octanol–water partition coefficient (Wildman–Crippen LogP) is 1.72. The first kappa shape index (κ1) is 9.80. The third kappa shape index (κ3) is 2.64. The average Bonchev–Trinajstić information content (AvgIpc) is 2.06. The van der Waals surface area contributed by atoms with Gasteiger partial charge in [-0.25, -0.2) is 0 Å². The highest BCUT2D eigenvalue weighted by Gasteiger charge is 1.97. The van der Waals surface area contributed by atoms with Gasteiger partial charge < -0.3 is 10.0 Å². The van der Waals surface area contributed by atoms with Gasteiger partial charge >= 0.3 is 0 Å². The largest absolute Gasteiger partial charge is 0.395 e. The summed E-state index contributed by atoms with van der Waals surface area (Å²) in [6.07, 6.45) is 0. The standard InChI is InChI=1S/C9H12INO/c1-11(6-7-12)9-4-2-8(10)3-5-9/h2-5,12H,6-7H2,1H3.